The largest absolute Gasteiger partial charge is 0.310 e. The maximum absolute atomic E-state index is 2.44. The topological polar surface area (TPSA) is 8.17 Å². The van der Waals surface area contributed by atoms with Crippen molar-refractivity contribution in [3.05, 3.63) is 230 Å². The molecular formula is C57H42N2. The summed E-state index contributed by atoms with van der Waals surface area (Å²) in [6, 6.07) is 79.8. The number of hydrogen-bond acceptors (Lipinski definition) is 1. The molecule has 9 aromatic carbocycles. The molecule has 2 heteroatoms. The van der Waals surface area contributed by atoms with Crippen molar-refractivity contribution in [2.24, 2.45) is 0 Å². The normalized spacial score (nSPS) is 12.7. The Balaban J connectivity index is 1.04. The molecule has 1 aliphatic carbocycles. The van der Waals surface area contributed by atoms with E-state index in [0.717, 1.165) is 22.7 Å². The zero-order valence-electron chi connectivity index (χ0n) is 33.2. The van der Waals surface area contributed by atoms with Gasteiger partial charge in [0.15, 0.2) is 0 Å². The quantitative estimate of drug-likeness (QED) is 0.157. The summed E-state index contributed by atoms with van der Waals surface area (Å²) in [7, 11) is 0. The SMILES string of the molecule is CC1(C)c2ccccc2-c2ccc(N(c3ccc(-c4ccccc4-n4c5ccccc5c5cc(-c6ccccc6)ccc54)cc3)c3cccc(-c4ccccc4)c3)cc21. The number of benzene rings is 9. The third-order valence-corrected chi connectivity index (χ3v) is 12.4. The minimum absolute atomic E-state index is 0.108. The van der Waals surface area contributed by atoms with E-state index in [4.69, 9.17) is 0 Å². The molecule has 0 bridgehead atoms. The summed E-state index contributed by atoms with van der Waals surface area (Å²) in [6.07, 6.45) is 0. The smallest absolute Gasteiger partial charge is 0.0541 e. The van der Waals surface area contributed by atoms with E-state index in [2.05, 4.69) is 242 Å². The van der Waals surface area contributed by atoms with E-state index >= 15 is 0 Å². The van der Waals surface area contributed by atoms with Crippen LogP contribution in [0.4, 0.5) is 17.1 Å². The summed E-state index contributed by atoms with van der Waals surface area (Å²) < 4.78 is 2.44. The van der Waals surface area contributed by atoms with Gasteiger partial charge in [-0.1, -0.05) is 172 Å². The minimum atomic E-state index is -0.108. The van der Waals surface area contributed by atoms with Gasteiger partial charge in [0.2, 0.25) is 0 Å². The number of rotatable bonds is 7. The highest BCUT2D eigenvalue weighted by Crippen LogP contribution is 2.51. The molecule has 0 amide bonds. The summed E-state index contributed by atoms with van der Waals surface area (Å²) in [5, 5.41) is 2.50. The summed E-state index contributed by atoms with van der Waals surface area (Å²) in [5.74, 6) is 0. The van der Waals surface area contributed by atoms with Crippen molar-refractivity contribution in [1.29, 1.82) is 0 Å². The van der Waals surface area contributed by atoms with Crippen LogP contribution in [0.1, 0.15) is 25.0 Å². The van der Waals surface area contributed by atoms with Crippen LogP contribution in [0.2, 0.25) is 0 Å². The first kappa shape index (κ1) is 34.8. The molecule has 2 nitrogen and oxygen atoms in total. The first-order valence-electron chi connectivity index (χ1n) is 20.5. The Morgan fingerprint density at radius 3 is 1.68 bits per heavy atom. The first-order chi connectivity index (χ1) is 29.0. The van der Waals surface area contributed by atoms with Gasteiger partial charge in [0, 0.05) is 38.8 Å². The van der Waals surface area contributed by atoms with E-state index in [1.54, 1.807) is 0 Å². The Morgan fingerprint density at radius 1 is 0.339 bits per heavy atom. The van der Waals surface area contributed by atoms with Crippen LogP contribution in [0.15, 0.2) is 218 Å². The Labute approximate surface area is 345 Å². The third kappa shape index (κ3) is 5.79. The van der Waals surface area contributed by atoms with Gasteiger partial charge in [-0.3, -0.25) is 0 Å². The molecule has 0 saturated carbocycles. The molecule has 1 aliphatic rings. The van der Waals surface area contributed by atoms with Crippen molar-refractivity contribution in [2.45, 2.75) is 19.3 Å². The molecule has 0 spiro atoms. The second-order valence-corrected chi connectivity index (χ2v) is 16.2. The predicted octanol–water partition coefficient (Wildman–Crippen LogP) is 15.6. The number of nitrogens with zero attached hydrogens (tertiary/aromatic N) is 2. The van der Waals surface area contributed by atoms with Gasteiger partial charge in [-0.05, 0) is 111 Å². The van der Waals surface area contributed by atoms with Crippen LogP contribution >= 0.6 is 0 Å². The van der Waals surface area contributed by atoms with E-state index in [9.17, 15) is 0 Å². The molecule has 1 aromatic heterocycles. The fraction of sp³-hybridized carbons (Fsp3) is 0.0526. The van der Waals surface area contributed by atoms with Crippen molar-refractivity contribution in [1.82, 2.24) is 4.57 Å². The fourth-order valence-corrected chi connectivity index (χ4v) is 9.48. The summed E-state index contributed by atoms with van der Waals surface area (Å²) in [5.41, 5.74) is 19.4. The highest BCUT2D eigenvalue weighted by Gasteiger charge is 2.35. The van der Waals surface area contributed by atoms with Crippen molar-refractivity contribution < 1.29 is 0 Å². The van der Waals surface area contributed by atoms with Crippen LogP contribution < -0.4 is 4.90 Å². The monoisotopic (exact) mass is 754 g/mol. The Bertz CT molecular complexity index is 3170. The number of fused-ring (bicyclic) bond motifs is 6. The minimum Gasteiger partial charge on any atom is -0.310 e. The Morgan fingerprint density at radius 2 is 0.898 bits per heavy atom. The number of para-hydroxylation sites is 2. The van der Waals surface area contributed by atoms with Crippen molar-refractivity contribution in [3.8, 4) is 50.2 Å². The van der Waals surface area contributed by atoms with Gasteiger partial charge in [0.25, 0.3) is 0 Å². The van der Waals surface area contributed by atoms with Gasteiger partial charge < -0.3 is 9.47 Å². The zero-order valence-corrected chi connectivity index (χ0v) is 33.2. The molecule has 11 rings (SSSR count). The molecule has 0 saturated heterocycles. The van der Waals surface area contributed by atoms with Crippen molar-refractivity contribution in [2.75, 3.05) is 4.90 Å². The lowest BCUT2D eigenvalue weighted by molar-refractivity contribution is 0.660. The lowest BCUT2D eigenvalue weighted by Crippen LogP contribution is -2.16. The molecule has 0 atom stereocenters. The summed E-state index contributed by atoms with van der Waals surface area (Å²) in [4.78, 5) is 2.42. The Hall–Kier alpha value is -7.42. The van der Waals surface area contributed by atoms with Crippen molar-refractivity contribution in [3.63, 3.8) is 0 Å². The van der Waals surface area contributed by atoms with E-state index < -0.39 is 0 Å². The van der Waals surface area contributed by atoms with Crippen LogP contribution in [0.5, 0.6) is 0 Å². The molecule has 10 aromatic rings. The van der Waals surface area contributed by atoms with Crippen molar-refractivity contribution >= 4 is 38.9 Å². The lowest BCUT2D eigenvalue weighted by atomic mass is 9.82. The van der Waals surface area contributed by atoms with Crippen LogP contribution in [0, 0.1) is 0 Å². The highest BCUT2D eigenvalue weighted by atomic mass is 15.1. The molecular weight excluding hydrogens is 713 g/mol. The molecule has 0 aliphatic heterocycles. The standard InChI is InChI=1S/C57H42N2/c1-57(2)52-25-12-9-23-48(52)49-34-33-46(38-53(49)57)58(45-21-15-20-42(36-45)39-16-5-3-6-17-39)44-31-28-41(29-32-44)47-22-10-13-26-54(47)59-55-27-14-11-24-50(55)51-37-43(30-35-56(51)59)40-18-7-4-8-19-40/h3-38H,1-2H3. The van der Waals surface area contributed by atoms with Gasteiger partial charge >= 0.3 is 0 Å². The maximum Gasteiger partial charge on any atom is 0.0541 e. The molecule has 59 heavy (non-hydrogen) atoms. The fourth-order valence-electron chi connectivity index (χ4n) is 9.48. The second-order valence-electron chi connectivity index (χ2n) is 16.2. The van der Waals surface area contributed by atoms with E-state index in [1.807, 2.05) is 0 Å². The van der Waals surface area contributed by atoms with E-state index in [1.165, 1.54) is 77.4 Å². The second kappa shape index (κ2) is 13.9. The van der Waals surface area contributed by atoms with Crippen LogP contribution in [-0.4, -0.2) is 4.57 Å². The summed E-state index contributed by atoms with van der Waals surface area (Å²) >= 11 is 0. The van der Waals surface area contributed by atoms with Crippen LogP contribution in [0.3, 0.4) is 0 Å². The average Bonchev–Trinajstić information content (AvgIpc) is 3.75. The van der Waals surface area contributed by atoms with E-state index in [-0.39, 0.29) is 5.41 Å². The lowest BCUT2D eigenvalue weighted by Gasteiger charge is -2.28. The third-order valence-electron chi connectivity index (χ3n) is 12.4. The maximum atomic E-state index is 2.44. The zero-order chi connectivity index (χ0) is 39.5. The number of anilines is 3. The van der Waals surface area contributed by atoms with Crippen LogP contribution in [0.25, 0.3) is 72.0 Å². The number of hydrogen-bond donors (Lipinski definition) is 0. The van der Waals surface area contributed by atoms with Crippen LogP contribution in [-0.2, 0) is 5.41 Å². The molecule has 1 heterocycles. The Kier molecular flexibility index (Phi) is 8.20. The predicted molar refractivity (Wildman–Crippen MR) is 249 cm³/mol. The molecule has 0 N–H and O–H groups in total. The van der Waals surface area contributed by atoms with Gasteiger partial charge in [-0.2, -0.15) is 0 Å². The molecule has 280 valence electrons. The van der Waals surface area contributed by atoms with Gasteiger partial charge in [-0.25, -0.2) is 0 Å². The number of aromatic nitrogens is 1. The van der Waals surface area contributed by atoms with Gasteiger partial charge in [0.1, 0.15) is 0 Å². The highest BCUT2D eigenvalue weighted by molar-refractivity contribution is 6.11. The van der Waals surface area contributed by atoms with Gasteiger partial charge in [-0.15, -0.1) is 0 Å². The van der Waals surface area contributed by atoms with E-state index in [0.29, 0.717) is 0 Å². The summed E-state index contributed by atoms with van der Waals surface area (Å²) in [6.45, 7) is 4.71. The van der Waals surface area contributed by atoms with Gasteiger partial charge in [0.05, 0.1) is 16.7 Å². The molecule has 0 unspecified atom stereocenters. The average molecular weight is 755 g/mol. The molecule has 0 radical (unpaired) electrons. The first-order valence-corrected chi connectivity index (χ1v) is 20.5. The molecule has 0 fully saturated rings.